The van der Waals surface area contributed by atoms with Crippen LogP contribution in [0, 0.1) is 11.8 Å². The third-order valence-electron chi connectivity index (χ3n) is 3.99. The fourth-order valence-corrected chi connectivity index (χ4v) is 3.04. The molecule has 2 aliphatic rings. The number of likely N-dealkylation sites (tertiary alicyclic amines) is 1. The van der Waals surface area contributed by atoms with Gasteiger partial charge in [0.15, 0.2) is 0 Å². The van der Waals surface area contributed by atoms with Gasteiger partial charge < -0.3 is 10.5 Å². The van der Waals surface area contributed by atoms with Crippen molar-refractivity contribution in [2.75, 3.05) is 26.3 Å². The highest BCUT2D eigenvalue weighted by Gasteiger charge is 2.37. The van der Waals surface area contributed by atoms with Crippen LogP contribution in [0.25, 0.3) is 0 Å². The SMILES string of the molecule is NC1C2COCC1CN(Cc1ccccc1)C2. The molecule has 0 aromatic heterocycles. The number of hydrogen-bond donors (Lipinski definition) is 1. The fourth-order valence-electron chi connectivity index (χ4n) is 3.04. The van der Waals surface area contributed by atoms with Gasteiger partial charge in [-0.1, -0.05) is 30.3 Å². The van der Waals surface area contributed by atoms with E-state index in [-0.39, 0.29) is 0 Å². The van der Waals surface area contributed by atoms with Crippen molar-refractivity contribution in [3.63, 3.8) is 0 Å². The first-order valence-corrected chi connectivity index (χ1v) is 6.42. The van der Waals surface area contributed by atoms with Gasteiger partial charge in [-0.25, -0.2) is 0 Å². The van der Waals surface area contributed by atoms with Crippen LogP contribution in [0.4, 0.5) is 0 Å². The predicted molar refractivity (Wildman–Crippen MR) is 67.5 cm³/mol. The van der Waals surface area contributed by atoms with Crippen LogP contribution in [-0.2, 0) is 11.3 Å². The van der Waals surface area contributed by atoms with Gasteiger partial charge in [0, 0.05) is 37.5 Å². The molecule has 2 fully saturated rings. The molecule has 0 saturated carbocycles. The number of nitrogens with two attached hydrogens (primary N) is 1. The minimum absolute atomic E-state index is 0.343. The Morgan fingerprint density at radius 3 is 2.41 bits per heavy atom. The highest BCUT2D eigenvalue weighted by molar-refractivity contribution is 5.14. The molecule has 2 saturated heterocycles. The molecule has 1 aromatic rings. The summed E-state index contributed by atoms with van der Waals surface area (Å²) < 4.78 is 5.60. The van der Waals surface area contributed by atoms with E-state index in [4.69, 9.17) is 10.5 Å². The summed E-state index contributed by atoms with van der Waals surface area (Å²) in [6, 6.07) is 11.0. The minimum atomic E-state index is 0.343. The molecule has 2 aliphatic heterocycles. The maximum Gasteiger partial charge on any atom is 0.0521 e. The van der Waals surface area contributed by atoms with E-state index >= 15 is 0 Å². The quantitative estimate of drug-likeness (QED) is 0.829. The summed E-state index contributed by atoms with van der Waals surface area (Å²) >= 11 is 0. The molecule has 1 aromatic carbocycles. The van der Waals surface area contributed by atoms with E-state index in [2.05, 4.69) is 35.2 Å². The molecule has 0 spiro atoms. The average molecular weight is 232 g/mol. The van der Waals surface area contributed by atoms with Gasteiger partial charge in [-0.05, 0) is 5.56 Å². The molecule has 17 heavy (non-hydrogen) atoms. The molecule has 92 valence electrons. The van der Waals surface area contributed by atoms with Gasteiger partial charge in [-0.3, -0.25) is 4.90 Å². The van der Waals surface area contributed by atoms with Crippen molar-refractivity contribution in [3.8, 4) is 0 Å². The number of ether oxygens (including phenoxy) is 1. The zero-order valence-corrected chi connectivity index (χ0v) is 10.1. The lowest BCUT2D eigenvalue weighted by molar-refractivity contribution is -0.0566. The fraction of sp³-hybridized carbons (Fsp3) is 0.571. The summed E-state index contributed by atoms with van der Waals surface area (Å²) in [4.78, 5) is 2.52. The number of piperidine rings is 1. The first kappa shape index (κ1) is 11.2. The van der Waals surface area contributed by atoms with Crippen LogP contribution in [0.2, 0.25) is 0 Å². The number of rotatable bonds is 2. The second-order valence-corrected chi connectivity index (χ2v) is 5.31. The Balaban J connectivity index is 1.66. The molecule has 3 heteroatoms. The van der Waals surface area contributed by atoms with E-state index in [0.717, 1.165) is 32.8 Å². The van der Waals surface area contributed by atoms with Crippen LogP contribution in [0.5, 0.6) is 0 Å². The molecule has 3 rings (SSSR count). The zero-order valence-electron chi connectivity index (χ0n) is 10.1. The lowest BCUT2D eigenvalue weighted by Gasteiger charge is -2.45. The van der Waals surface area contributed by atoms with Crippen LogP contribution < -0.4 is 5.73 Å². The van der Waals surface area contributed by atoms with Crippen molar-refractivity contribution in [1.82, 2.24) is 4.90 Å². The number of hydrogen-bond acceptors (Lipinski definition) is 3. The van der Waals surface area contributed by atoms with Gasteiger partial charge in [0.25, 0.3) is 0 Å². The van der Waals surface area contributed by atoms with Crippen LogP contribution in [0.15, 0.2) is 30.3 Å². The van der Waals surface area contributed by atoms with Crippen molar-refractivity contribution < 1.29 is 4.74 Å². The van der Waals surface area contributed by atoms with Crippen LogP contribution in [-0.4, -0.2) is 37.2 Å². The molecular formula is C14H20N2O. The predicted octanol–water partition coefficient (Wildman–Crippen LogP) is 1.09. The Hall–Kier alpha value is -0.900. The van der Waals surface area contributed by atoms with Gasteiger partial charge in [0.05, 0.1) is 13.2 Å². The lowest BCUT2D eigenvalue weighted by Crippen LogP contribution is -2.58. The van der Waals surface area contributed by atoms with E-state index in [1.807, 2.05) is 0 Å². The average Bonchev–Trinajstić information content (AvgIpc) is 2.32. The molecule has 2 heterocycles. The van der Waals surface area contributed by atoms with Crippen molar-refractivity contribution in [2.45, 2.75) is 12.6 Å². The van der Waals surface area contributed by atoms with E-state index in [0.29, 0.717) is 17.9 Å². The molecule has 2 N–H and O–H groups in total. The summed E-state index contributed by atoms with van der Waals surface area (Å²) in [6.45, 7) is 4.87. The maximum atomic E-state index is 6.23. The lowest BCUT2D eigenvalue weighted by atomic mass is 9.83. The molecule has 2 unspecified atom stereocenters. The normalized spacial score (nSPS) is 33.6. The first-order chi connectivity index (χ1) is 8.33. The Morgan fingerprint density at radius 1 is 1.12 bits per heavy atom. The van der Waals surface area contributed by atoms with Crippen LogP contribution in [0.1, 0.15) is 5.56 Å². The van der Waals surface area contributed by atoms with Crippen molar-refractivity contribution >= 4 is 0 Å². The summed E-state index contributed by atoms with van der Waals surface area (Å²) in [5.74, 6) is 1.04. The van der Waals surface area contributed by atoms with Gasteiger partial charge in [0.1, 0.15) is 0 Å². The largest absolute Gasteiger partial charge is 0.381 e. The standard InChI is InChI=1S/C14H20N2O/c15-14-12-7-16(8-13(14)10-17-9-12)6-11-4-2-1-3-5-11/h1-5,12-14H,6-10,15H2. The van der Waals surface area contributed by atoms with Crippen LogP contribution >= 0.6 is 0 Å². The monoisotopic (exact) mass is 232 g/mol. The topological polar surface area (TPSA) is 38.5 Å². The number of benzene rings is 1. The minimum Gasteiger partial charge on any atom is -0.381 e. The van der Waals surface area contributed by atoms with Crippen molar-refractivity contribution in [1.29, 1.82) is 0 Å². The van der Waals surface area contributed by atoms with E-state index < -0.39 is 0 Å². The molecular weight excluding hydrogens is 212 g/mol. The van der Waals surface area contributed by atoms with Gasteiger partial charge in [-0.2, -0.15) is 0 Å². The maximum absolute atomic E-state index is 6.23. The van der Waals surface area contributed by atoms with Gasteiger partial charge in [-0.15, -0.1) is 0 Å². The van der Waals surface area contributed by atoms with E-state index in [9.17, 15) is 0 Å². The molecule has 0 amide bonds. The molecule has 0 aliphatic carbocycles. The van der Waals surface area contributed by atoms with Crippen LogP contribution in [0.3, 0.4) is 0 Å². The van der Waals surface area contributed by atoms with Gasteiger partial charge in [0.2, 0.25) is 0 Å². The summed E-state index contributed by atoms with van der Waals surface area (Å²) in [5.41, 5.74) is 7.62. The summed E-state index contributed by atoms with van der Waals surface area (Å²) in [6.07, 6.45) is 0. The highest BCUT2D eigenvalue weighted by Crippen LogP contribution is 2.27. The number of nitrogens with zero attached hydrogens (tertiary/aromatic N) is 1. The third kappa shape index (κ3) is 2.37. The highest BCUT2D eigenvalue weighted by atomic mass is 16.5. The Kier molecular flexibility index (Phi) is 3.14. The summed E-state index contributed by atoms with van der Waals surface area (Å²) in [5, 5.41) is 0. The van der Waals surface area contributed by atoms with E-state index in [1.165, 1.54) is 5.56 Å². The Morgan fingerprint density at radius 2 is 1.76 bits per heavy atom. The molecule has 2 atom stereocenters. The summed E-state index contributed by atoms with van der Waals surface area (Å²) in [7, 11) is 0. The Bertz CT molecular complexity index is 354. The smallest absolute Gasteiger partial charge is 0.0521 e. The first-order valence-electron chi connectivity index (χ1n) is 6.42. The zero-order chi connectivity index (χ0) is 11.7. The van der Waals surface area contributed by atoms with Crippen molar-refractivity contribution in [2.24, 2.45) is 17.6 Å². The second kappa shape index (κ2) is 4.77. The second-order valence-electron chi connectivity index (χ2n) is 5.31. The number of fused-ring (bicyclic) bond motifs is 2. The van der Waals surface area contributed by atoms with Gasteiger partial charge >= 0.3 is 0 Å². The third-order valence-corrected chi connectivity index (χ3v) is 3.99. The molecule has 0 radical (unpaired) electrons. The Labute approximate surface area is 103 Å². The van der Waals surface area contributed by atoms with E-state index in [1.54, 1.807) is 0 Å². The molecule has 3 nitrogen and oxygen atoms in total. The molecule has 2 bridgehead atoms. The van der Waals surface area contributed by atoms with Crippen molar-refractivity contribution in [3.05, 3.63) is 35.9 Å².